The highest BCUT2D eigenvalue weighted by Crippen LogP contribution is 2.46. The van der Waals surface area contributed by atoms with Gasteiger partial charge in [0.25, 0.3) is 0 Å². The van der Waals surface area contributed by atoms with E-state index in [-0.39, 0.29) is 23.2 Å². The average Bonchev–Trinajstić information content (AvgIpc) is 2.53. The summed E-state index contributed by atoms with van der Waals surface area (Å²) in [6.45, 7) is 17.8. The molecule has 22 heavy (non-hydrogen) atoms. The third kappa shape index (κ3) is 3.40. The molecule has 0 N–H and O–H groups in total. The molecule has 1 fully saturated rings. The van der Waals surface area contributed by atoms with Crippen LogP contribution in [0.4, 0.5) is 0 Å². The smallest absolute Gasteiger partial charge is 0.333 e. The summed E-state index contributed by atoms with van der Waals surface area (Å²) < 4.78 is 5.80. The van der Waals surface area contributed by atoms with Crippen molar-refractivity contribution in [2.75, 3.05) is 6.54 Å². The topological polar surface area (TPSA) is 29.5 Å². The largest absolute Gasteiger partial charge is 0.459 e. The number of esters is 1. The highest BCUT2D eigenvalue weighted by atomic mass is 16.5. The predicted molar refractivity (Wildman–Crippen MR) is 92.9 cm³/mol. The standard InChI is InChI=1S/C19H35NO2/c1-8-18(9-2)13-16(22-17(21)15(6)7)14-19(10-3,11-4)20(18)12-5/h16H,6,8-14H2,1-5,7H3. The lowest BCUT2D eigenvalue weighted by Gasteiger charge is -2.59. The molecule has 0 atom stereocenters. The molecule has 0 spiro atoms. The molecule has 1 aliphatic rings. The van der Waals surface area contributed by atoms with Crippen LogP contribution >= 0.6 is 0 Å². The zero-order chi connectivity index (χ0) is 17.0. The van der Waals surface area contributed by atoms with Crippen LogP contribution in [0.2, 0.25) is 0 Å². The Balaban J connectivity index is 3.17. The Bertz CT molecular complexity index is 372. The van der Waals surface area contributed by atoms with Gasteiger partial charge in [-0.1, -0.05) is 41.2 Å². The van der Waals surface area contributed by atoms with Crippen LogP contribution in [0.5, 0.6) is 0 Å². The van der Waals surface area contributed by atoms with Gasteiger partial charge in [0.15, 0.2) is 0 Å². The fourth-order valence-electron chi connectivity index (χ4n) is 4.49. The average molecular weight is 309 g/mol. The molecule has 0 aliphatic carbocycles. The maximum atomic E-state index is 12.0. The quantitative estimate of drug-likeness (QED) is 0.504. The van der Waals surface area contributed by atoms with E-state index >= 15 is 0 Å². The Labute approximate surface area is 137 Å². The van der Waals surface area contributed by atoms with Crippen molar-refractivity contribution in [1.29, 1.82) is 0 Å². The zero-order valence-corrected chi connectivity index (χ0v) is 15.5. The molecule has 0 aromatic rings. The van der Waals surface area contributed by atoms with Gasteiger partial charge in [0.1, 0.15) is 6.10 Å². The van der Waals surface area contributed by atoms with Gasteiger partial charge in [-0.15, -0.1) is 0 Å². The summed E-state index contributed by atoms with van der Waals surface area (Å²) in [4.78, 5) is 14.7. The molecular formula is C19H35NO2. The maximum absolute atomic E-state index is 12.0. The van der Waals surface area contributed by atoms with E-state index in [1.54, 1.807) is 6.92 Å². The van der Waals surface area contributed by atoms with Gasteiger partial charge >= 0.3 is 5.97 Å². The summed E-state index contributed by atoms with van der Waals surface area (Å²) in [5, 5.41) is 0. The number of nitrogens with zero attached hydrogens (tertiary/aromatic N) is 1. The van der Waals surface area contributed by atoms with E-state index in [0.717, 1.165) is 45.1 Å². The molecule has 0 radical (unpaired) electrons. The SMILES string of the molecule is C=C(C)C(=O)OC1CC(CC)(CC)N(CC)C(CC)(CC)C1. The summed E-state index contributed by atoms with van der Waals surface area (Å²) >= 11 is 0. The van der Waals surface area contributed by atoms with E-state index in [4.69, 9.17) is 4.74 Å². The van der Waals surface area contributed by atoms with E-state index in [1.165, 1.54) is 0 Å². The van der Waals surface area contributed by atoms with Crippen LogP contribution in [0.15, 0.2) is 12.2 Å². The van der Waals surface area contributed by atoms with E-state index in [0.29, 0.717) is 5.57 Å². The summed E-state index contributed by atoms with van der Waals surface area (Å²) in [6.07, 6.45) is 6.27. The van der Waals surface area contributed by atoms with Crippen molar-refractivity contribution in [1.82, 2.24) is 4.90 Å². The molecule has 1 aliphatic heterocycles. The first-order valence-electron chi connectivity index (χ1n) is 8.98. The third-order valence-electron chi connectivity index (χ3n) is 5.93. The molecule has 3 nitrogen and oxygen atoms in total. The van der Waals surface area contributed by atoms with Gasteiger partial charge in [-0.3, -0.25) is 4.90 Å². The lowest BCUT2D eigenvalue weighted by atomic mass is 9.70. The second kappa shape index (κ2) is 7.63. The van der Waals surface area contributed by atoms with Crippen LogP contribution in [-0.4, -0.2) is 34.6 Å². The van der Waals surface area contributed by atoms with Gasteiger partial charge in [-0.05, 0) is 39.2 Å². The van der Waals surface area contributed by atoms with Crippen LogP contribution < -0.4 is 0 Å². The predicted octanol–water partition coefficient (Wildman–Crippen LogP) is 4.71. The Morgan fingerprint density at radius 2 is 1.45 bits per heavy atom. The molecule has 0 bridgehead atoms. The summed E-state index contributed by atoms with van der Waals surface area (Å²) in [7, 11) is 0. The van der Waals surface area contributed by atoms with Crippen LogP contribution in [0.25, 0.3) is 0 Å². The van der Waals surface area contributed by atoms with Gasteiger partial charge in [0.2, 0.25) is 0 Å². The van der Waals surface area contributed by atoms with Crippen molar-refractivity contribution in [2.24, 2.45) is 0 Å². The first kappa shape index (κ1) is 19.2. The second-order valence-electron chi connectivity index (χ2n) is 6.82. The van der Waals surface area contributed by atoms with E-state index < -0.39 is 0 Å². The molecule has 0 amide bonds. The number of ether oxygens (including phenoxy) is 1. The number of carbonyl (C=O) groups is 1. The van der Waals surface area contributed by atoms with Crippen molar-refractivity contribution in [3.63, 3.8) is 0 Å². The molecule has 1 heterocycles. The van der Waals surface area contributed by atoms with E-state index in [2.05, 4.69) is 46.1 Å². The fourth-order valence-corrected chi connectivity index (χ4v) is 4.49. The van der Waals surface area contributed by atoms with Crippen molar-refractivity contribution in [3.8, 4) is 0 Å². The highest BCUT2D eigenvalue weighted by Gasteiger charge is 2.51. The van der Waals surface area contributed by atoms with Crippen LogP contribution in [0.3, 0.4) is 0 Å². The van der Waals surface area contributed by atoms with Crippen LogP contribution in [0.1, 0.15) is 80.1 Å². The summed E-state index contributed by atoms with van der Waals surface area (Å²) in [5.41, 5.74) is 0.771. The molecule has 0 unspecified atom stereocenters. The number of likely N-dealkylation sites (tertiary alicyclic amines) is 1. The van der Waals surface area contributed by atoms with Crippen LogP contribution in [-0.2, 0) is 9.53 Å². The minimum atomic E-state index is -0.239. The van der Waals surface area contributed by atoms with E-state index in [9.17, 15) is 4.79 Å². The molecule has 0 saturated carbocycles. The lowest BCUT2D eigenvalue weighted by Crippen LogP contribution is -2.66. The lowest BCUT2D eigenvalue weighted by molar-refractivity contribution is -0.162. The molecular weight excluding hydrogens is 274 g/mol. The van der Waals surface area contributed by atoms with Crippen molar-refractivity contribution in [3.05, 3.63) is 12.2 Å². The summed E-state index contributed by atoms with van der Waals surface area (Å²) in [6, 6.07) is 0. The summed E-state index contributed by atoms with van der Waals surface area (Å²) in [5.74, 6) is -0.239. The minimum Gasteiger partial charge on any atom is -0.459 e. The van der Waals surface area contributed by atoms with Crippen molar-refractivity contribution in [2.45, 2.75) is 97.2 Å². The molecule has 3 heteroatoms. The fraction of sp³-hybridized carbons (Fsp3) is 0.842. The first-order chi connectivity index (χ1) is 10.3. The Kier molecular flexibility index (Phi) is 6.66. The van der Waals surface area contributed by atoms with Crippen molar-refractivity contribution < 1.29 is 9.53 Å². The Morgan fingerprint density at radius 1 is 1.05 bits per heavy atom. The number of hydrogen-bond donors (Lipinski definition) is 0. The first-order valence-corrected chi connectivity index (χ1v) is 8.98. The number of piperidine rings is 1. The van der Waals surface area contributed by atoms with Crippen molar-refractivity contribution >= 4 is 5.97 Å². The number of hydrogen-bond acceptors (Lipinski definition) is 3. The van der Waals surface area contributed by atoms with E-state index in [1.807, 2.05) is 0 Å². The number of rotatable bonds is 7. The molecule has 1 saturated heterocycles. The van der Waals surface area contributed by atoms with Gasteiger partial charge in [0, 0.05) is 29.5 Å². The van der Waals surface area contributed by atoms with Gasteiger partial charge in [0.05, 0.1) is 0 Å². The monoisotopic (exact) mass is 309 g/mol. The zero-order valence-electron chi connectivity index (χ0n) is 15.5. The number of carbonyl (C=O) groups excluding carboxylic acids is 1. The molecule has 128 valence electrons. The normalized spacial score (nSPS) is 21.5. The molecule has 0 aromatic carbocycles. The molecule has 1 rings (SSSR count). The van der Waals surface area contributed by atoms with Gasteiger partial charge in [-0.2, -0.15) is 0 Å². The second-order valence-corrected chi connectivity index (χ2v) is 6.82. The third-order valence-corrected chi connectivity index (χ3v) is 5.93. The molecule has 0 aromatic heterocycles. The Hall–Kier alpha value is -0.830. The van der Waals surface area contributed by atoms with Gasteiger partial charge < -0.3 is 4.74 Å². The minimum absolute atomic E-state index is 0.00630. The maximum Gasteiger partial charge on any atom is 0.333 e. The van der Waals surface area contributed by atoms with Crippen LogP contribution in [0, 0.1) is 0 Å². The highest BCUT2D eigenvalue weighted by molar-refractivity contribution is 5.87. The Morgan fingerprint density at radius 3 is 1.73 bits per heavy atom. The van der Waals surface area contributed by atoms with Gasteiger partial charge in [-0.25, -0.2) is 4.79 Å².